The highest BCUT2D eigenvalue weighted by atomic mass is 32.1. The summed E-state index contributed by atoms with van der Waals surface area (Å²) in [5.41, 5.74) is 11.1. The minimum Gasteiger partial charge on any atom is -0.375 e. The summed E-state index contributed by atoms with van der Waals surface area (Å²) in [6.07, 6.45) is 1.04. The van der Waals surface area contributed by atoms with Gasteiger partial charge in [0.2, 0.25) is 0 Å². The van der Waals surface area contributed by atoms with Gasteiger partial charge in [-0.05, 0) is 36.7 Å². The summed E-state index contributed by atoms with van der Waals surface area (Å²) in [5, 5.41) is 4.23. The van der Waals surface area contributed by atoms with E-state index in [0.717, 1.165) is 17.7 Å². The summed E-state index contributed by atoms with van der Waals surface area (Å²) in [6, 6.07) is 8.27. The lowest BCUT2D eigenvalue weighted by molar-refractivity contribution is 1.03. The Kier molecular flexibility index (Phi) is 4.24. The fourth-order valence-electron chi connectivity index (χ4n) is 1.19. The molecule has 0 radical (unpaired) electrons. The van der Waals surface area contributed by atoms with Gasteiger partial charge >= 0.3 is 0 Å². The van der Waals surface area contributed by atoms with Crippen molar-refractivity contribution in [3.63, 3.8) is 0 Å². The zero-order valence-corrected chi connectivity index (χ0v) is 9.77. The number of hydrogen-bond donors (Lipinski definition) is 2. The second kappa shape index (κ2) is 5.46. The molecule has 3 nitrogen and oxygen atoms in total. The molecule has 0 amide bonds. The molecule has 0 fully saturated rings. The Morgan fingerprint density at radius 3 is 2.47 bits per heavy atom. The topological polar surface area (TPSA) is 50.4 Å². The van der Waals surface area contributed by atoms with Crippen LogP contribution in [0.25, 0.3) is 0 Å². The third-order valence-corrected chi connectivity index (χ3v) is 2.21. The number of hydrazone groups is 1. The molecule has 0 unspecified atom stereocenters. The minimum absolute atomic E-state index is 0.180. The van der Waals surface area contributed by atoms with Crippen LogP contribution in [-0.2, 0) is 6.42 Å². The Labute approximate surface area is 95.4 Å². The van der Waals surface area contributed by atoms with E-state index in [0.29, 0.717) is 0 Å². The maximum atomic E-state index is 5.28. The lowest BCUT2D eigenvalue weighted by Crippen LogP contribution is -2.25. The first-order valence-corrected chi connectivity index (χ1v) is 5.23. The molecule has 0 atom stereocenters. The highest BCUT2D eigenvalue weighted by Crippen LogP contribution is 2.05. The van der Waals surface area contributed by atoms with Gasteiger partial charge in [0.05, 0.1) is 5.71 Å². The molecule has 0 aliphatic rings. The Bertz CT molecular complexity index is 368. The predicted octanol–water partition coefficient (Wildman–Crippen LogP) is 1.81. The van der Waals surface area contributed by atoms with E-state index < -0.39 is 0 Å². The van der Waals surface area contributed by atoms with Crippen molar-refractivity contribution in [2.45, 2.75) is 20.3 Å². The molecule has 0 aromatic heterocycles. The maximum Gasteiger partial charge on any atom is 0.184 e. The fourth-order valence-corrected chi connectivity index (χ4v) is 1.23. The van der Waals surface area contributed by atoms with Gasteiger partial charge in [0.25, 0.3) is 0 Å². The molecule has 0 aliphatic carbocycles. The first-order valence-electron chi connectivity index (χ1n) is 4.82. The first-order chi connectivity index (χ1) is 7.13. The van der Waals surface area contributed by atoms with Crippen LogP contribution in [0.2, 0.25) is 0 Å². The highest BCUT2D eigenvalue weighted by molar-refractivity contribution is 7.80. The quantitative estimate of drug-likeness (QED) is 0.465. The monoisotopic (exact) mass is 221 g/mol. The molecule has 0 spiro atoms. The molecule has 0 heterocycles. The Hall–Kier alpha value is -1.42. The molecule has 0 saturated carbocycles. The van der Waals surface area contributed by atoms with Gasteiger partial charge in [0.1, 0.15) is 0 Å². The largest absolute Gasteiger partial charge is 0.375 e. The van der Waals surface area contributed by atoms with Crippen LogP contribution < -0.4 is 11.2 Å². The summed E-state index contributed by atoms with van der Waals surface area (Å²) >= 11 is 4.66. The zero-order chi connectivity index (χ0) is 11.3. The number of hydrogen-bond acceptors (Lipinski definition) is 2. The van der Waals surface area contributed by atoms with E-state index in [2.05, 4.69) is 41.8 Å². The summed E-state index contributed by atoms with van der Waals surface area (Å²) in [7, 11) is 0. The van der Waals surface area contributed by atoms with Crippen LogP contribution in [0, 0.1) is 0 Å². The molecule has 1 aromatic rings. The number of benzene rings is 1. The van der Waals surface area contributed by atoms with Crippen LogP contribution in [0.5, 0.6) is 0 Å². The molecule has 3 N–H and O–H groups in total. The molecule has 0 saturated heterocycles. The number of rotatable bonds is 3. The van der Waals surface area contributed by atoms with E-state index in [1.165, 1.54) is 5.56 Å². The molecule has 80 valence electrons. The molecule has 4 heteroatoms. The van der Waals surface area contributed by atoms with Crippen molar-refractivity contribution in [2.24, 2.45) is 10.8 Å². The maximum absolute atomic E-state index is 5.28. The Balaban J connectivity index is 2.77. The molecule has 1 rings (SSSR count). The Morgan fingerprint density at radius 2 is 2.00 bits per heavy atom. The molecule has 0 aliphatic heterocycles. The van der Waals surface area contributed by atoms with Crippen molar-refractivity contribution < 1.29 is 0 Å². The van der Waals surface area contributed by atoms with Crippen LogP contribution in [0.1, 0.15) is 25.0 Å². The van der Waals surface area contributed by atoms with Gasteiger partial charge in [-0.3, -0.25) is 5.43 Å². The number of aryl methyl sites for hydroxylation is 1. The van der Waals surface area contributed by atoms with Gasteiger partial charge in [-0.25, -0.2) is 0 Å². The van der Waals surface area contributed by atoms with Crippen molar-refractivity contribution >= 4 is 23.0 Å². The summed E-state index contributed by atoms with van der Waals surface area (Å²) < 4.78 is 0. The molecule has 15 heavy (non-hydrogen) atoms. The van der Waals surface area contributed by atoms with Gasteiger partial charge in [-0.1, -0.05) is 31.2 Å². The van der Waals surface area contributed by atoms with E-state index in [1.54, 1.807) is 0 Å². The van der Waals surface area contributed by atoms with Crippen molar-refractivity contribution in [3.05, 3.63) is 35.4 Å². The van der Waals surface area contributed by atoms with Gasteiger partial charge in [0, 0.05) is 0 Å². The molecular weight excluding hydrogens is 206 g/mol. The molecule has 0 bridgehead atoms. The third kappa shape index (κ3) is 3.67. The van der Waals surface area contributed by atoms with E-state index in [9.17, 15) is 0 Å². The van der Waals surface area contributed by atoms with Gasteiger partial charge in [0.15, 0.2) is 5.11 Å². The first kappa shape index (κ1) is 11.7. The van der Waals surface area contributed by atoms with Crippen LogP contribution in [0.3, 0.4) is 0 Å². The third-order valence-electron chi connectivity index (χ3n) is 2.11. The van der Waals surface area contributed by atoms with Crippen LogP contribution >= 0.6 is 12.2 Å². The van der Waals surface area contributed by atoms with Crippen molar-refractivity contribution in [1.82, 2.24) is 5.43 Å². The van der Waals surface area contributed by atoms with Crippen LogP contribution in [0.15, 0.2) is 29.4 Å². The fraction of sp³-hybridized carbons (Fsp3) is 0.273. The van der Waals surface area contributed by atoms with Gasteiger partial charge in [-0.15, -0.1) is 0 Å². The van der Waals surface area contributed by atoms with Gasteiger partial charge < -0.3 is 5.73 Å². The van der Waals surface area contributed by atoms with Crippen molar-refractivity contribution in [2.75, 3.05) is 0 Å². The highest BCUT2D eigenvalue weighted by Gasteiger charge is 1.97. The van der Waals surface area contributed by atoms with E-state index in [-0.39, 0.29) is 5.11 Å². The standard InChI is InChI=1S/C11H15N3S/c1-3-9-4-6-10(7-5-9)8(2)13-14-11(12)15/h4-7H,3H2,1-2H3,(H3,12,14,15)/b13-8+. The molecular formula is C11H15N3S. The summed E-state index contributed by atoms with van der Waals surface area (Å²) in [5.74, 6) is 0. The van der Waals surface area contributed by atoms with E-state index in [4.69, 9.17) is 5.73 Å². The summed E-state index contributed by atoms with van der Waals surface area (Å²) in [4.78, 5) is 0. The Morgan fingerprint density at radius 1 is 1.40 bits per heavy atom. The average Bonchev–Trinajstić information content (AvgIpc) is 2.26. The number of nitrogens with one attached hydrogen (secondary N) is 1. The van der Waals surface area contributed by atoms with E-state index in [1.807, 2.05) is 19.1 Å². The smallest absolute Gasteiger partial charge is 0.184 e. The second-order valence-electron chi connectivity index (χ2n) is 3.22. The number of nitrogens with zero attached hydrogens (tertiary/aromatic N) is 1. The van der Waals surface area contributed by atoms with Crippen molar-refractivity contribution in [3.8, 4) is 0 Å². The normalized spacial score (nSPS) is 11.2. The lowest BCUT2D eigenvalue weighted by atomic mass is 10.1. The summed E-state index contributed by atoms with van der Waals surface area (Å²) in [6.45, 7) is 4.04. The van der Waals surface area contributed by atoms with Crippen LogP contribution in [-0.4, -0.2) is 10.8 Å². The molecule has 1 aromatic carbocycles. The van der Waals surface area contributed by atoms with E-state index >= 15 is 0 Å². The number of thiocarbonyl (C=S) groups is 1. The lowest BCUT2D eigenvalue weighted by Gasteiger charge is -2.03. The zero-order valence-electron chi connectivity index (χ0n) is 8.95. The minimum atomic E-state index is 0.180. The SMILES string of the molecule is CCc1ccc(/C(C)=N/NC(N)=S)cc1. The second-order valence-corrected chi connectivity index (χ2v) is 3.66. The van der Waals surface area contributed by atoms with Gasteiger partial charge in [-0.2, -0.15) is 5.10 Å². The average molecular weight is 221 g/mol. The number of nitrogens with two attached hydrogens (primary N) is 1. The van der Waals surface area contributed by atoms with Crippen molar-refractivity contribution in [1.29, 1.82) is 0 Å². The predicted molar refractivity (Wildman–Crippen MR) is 68.0 cm³/mol. The van der Waals surface area contributed by atoms with Crippen LogP contribution in [0.4, 0.5) is 0 Å².